The molecule has 2 rings (SSSR count). The molecule has 0 aliphatic carbocycles. The Hall–Kier alpha value is -1.71. The Bertz CT molecular complexity index is 625. The Morgan fingerprint density at radius 3 is 1.80 bits per heavy atom. The smallest absolute Gasteiger partial charge is 0.119 e. The van der Waals surface area contributed by atoms with Crippen LogP contribution in [0.4, 0.5) is 0 Å². The number of benzene rings is 2. The Morgan fingerprint density at radius 2 is 1.36 bits per heavy atom. The fourth-order valence-electron chi connectivity index (χ4n) is 3.27. The number of halogens is 1. The summed E-state index contributed by atoms with van der Waals surface area (Å²) in [6.07, 6.45) is 1.41. The van der Waals surface area contributed by atoms with Gasteiger partial charge in [-0.25, -0.2) is 0 Å². The van der Waals surface area contributed by atoms with E-state index in [1.54, 1.807) is 12.1 Å². The molecule has 25 heavy (non-hydrogen) atoms. The van der Waals surface area contributed by atoms with Gasteiger partial charge >= 0.3 is 0 Å². The average Bonchev–Trinajstić information content (AvgIpc) is 2.65. The van der Waals surface area contributed by atoms with Crippen LogP contribution in [0.1, 0.15) is 49.7 Å². The van der Waals surface area contributed by atoms with Crippen LogP contribution in [0.15, 0.2) is 48.5 Å². The lowest BCUT2D eigenvalue weighted by atomic mass is 9.78. The van der Waals surface area contributed by atoms with Crippen LogP contribution in [-0.2, 0) is 0 Å². The van der Waals surface area contributed by atoms with Gasteiger partial charge in [0.15, 0.2) is 0 Å². The van der Waals surface area contributed by atoms with Crippen molar-refractivity contribution >= 4 is 11.6 Å². The van der Waals surface area contributed by atoms with Crippen molar-refractivity contribution in [2.45, 2.75) is 44.6 Å². The van der Waals surface area contributed by atoms with E-state index in [-0.39, 0.29) is 12.5 Å². The van der Waals surface area contributed by atoms with Gasteiger partial charge in [-0.3, -0.25) is 0 Å². The summed E-state index contributed by atoms with van der Waals surface area (Å²) in [7, 11) is 0. The first-order valence-corrected chi connectivity index (χ1v) is 9.38. The fraction of sp³-hybridized carbons (Fsp3) is 0.429. The number of phenolic OH excluding ortho intramolecular Hbond substituents is 1. The van der Waals surface area contributed by atoms with E-state index in [1.165, 1.54) is 11.1 Å². The van der Waals surface area contributed by atoms with Crippen molar-refractivity contribution in [3.63, 3.8) is 0 Å². The highest BCUT2D eigenvalue weighted by molar-refractivity contribution is 6.18. The van der Waals surface area contributed by atoms with E-state index in [0.29, 0.717) is 17.6 Å². The van der Waals surface area contributed by atoms with Crippen molar-refractivity contribution in [3.8, 4) is 11.5 Å². The minimum Gasteiger partial charge on any atom is -0.508 e. The third kappa shape index (κ3) is 5.38. The molecule has 4 heteroatoms. The minimum absolute atomic E-state index is 0.167. The predicted molar refractivity (Wildman–Crippen MR) is 103 cm³/mol. The number of aliphatic hydroxyl groups excluding tert-OH is 1. The Balaban J connectivity index is 2.14. The van der Waals surface area contributed by atoms with Crippen LogP contribution in [0.2, 0.25) is 0 Å². The van der Waals surface area contributed by atoms with Crippen LogP contribution in [0.5, 0.6) is 11.5 Å². The van der Waals surface area contributed by atoms with Crippen molar-refractivity contribution < 1.29 is 14.9 Å². The maximum absolute atomic E-state index is 9.52. The Kier molecular flexibility index (Phi) is 7.60. The van der Waals surface area contributed by atoms with Crippen molar-refractivity contribution in [2.75, 3.05) is 12.5 Å². The summed E-state index contributed by atoms with van der Waals surface area (Å²) in [4.78, 5) is 0. The van der Waals surface area contributed by atoms with Gasteiger partial charge in [0.1, 0.15) is 24.2 Å². The van der Waals surface area contributed by atoms with Gasteiger partial charge in [0.05, 0.1) is 5.88 Å². The molecule has 3 atom stereocenters. The normalized spacial score (nSPS) is 14.7. The van der Waals surface area contributed by atoms with E-state index < -0.39 is 6.10 Å². The molecule has 0 saturated heterocycles. The van der Waals surface area contributed by atoms with Gasteiger partial charge in [0.2, 0.25) is 0 Å². The van der Waals surface area contributed by atoms with Crippen LogP contribution in [-0.4, -0.2) is 28.8 Å². The number of alkyl halides is 1. The molecule has 136 valence electrons. The monoisotopic (exact) mass is 362 g/mol. The lowest BCUT2D eigenvalue weighted by molar-refractivity contribution is 0.125. The van der Waals surface area contributed by atoms with Crippen LogP contribution >= 0.6 is 11.6 Å². The van der Waals surface area contributed by atoms with Crippen molar-refractivity contribution in [1.82, 2.24) is 0 Å². The summed E-state index contributed by atoms with van der Waals surface area (Å²) in [5.74, 6) is 2.00. The zero-order chi connectivity index (χ0) is 18.2. The number of aliphatic hydroxyl groups is 1. The third-order valence-corrected chi connectivity index (χ3v) is 4.97. The molecule has 0 saturated carbocycles. The number of ether oxygens (including phenoxy) is 1. The zero-order valence-electron chi connectivity index (χ0n) is 14.9. The lowest BCUT2D eigenvalue weighted by Gasteiger charge is -2.26. The van der Waals surface area contributed by atoms with Crippen LogP contribution in [0.25, 0.3) is 0 Å². The molecule has 1 unspecified atom stereocenters. The maximum atomic E-state index is 9.52. The molecule has 0 aliphatic heterocycles. The number of hydrogen-bond acceptors (Lipinski definition) is 3. The minimum atomic E-state index is -0.649. The number of hydrogen-bond donors (Lipinski definition) is 2. The molecule has 0 spiro atoms. The largest absolute Gasteiger partial charge is 0.508 e. The molecule has 2 aromatic rings. The second kappa shape index (κ2) is 9.69. The summed E-state index contributed by atoms with van der Waals surface area (Å²) in [6.45, 7) is 4.60. The van der Waals surface area contributed by atoms with Gasteiger partial charge < -0.3 is 14.9 Å². The van der Waals surface area contributed by atoms with Crippen molar-refractivity contribution in [3.05, 3.63) is 59.7 Å². The predicted octanol–water partition coefficient (Wildman–Crippen LogP) is 5.06. The summed E-state index contributed by atoms with van der Waals surface area (Å²) in [5.41, 5.74) is 2.52. The topological polar surface area (TPSA) is 49.7 Å². The van der Waals surface area contributed by atoms with E-state index in [1.807, 2.05) is 24.3 Å². The summed E-state index contributed by atoms with van der Waals surface area (Å²) >= 11 is 5.58. The molecular weight excluding hydrogens is 336 g/mol. The van der Waals surface area contributed by atoms with Crippen molar-refractivity contribution in [2.24, 2.45) is 0 Å². The third-order valence-electron chi connectivity index (χ3n) is 4.62. The number of rotatable bonds is 9. The highest BCUT2D eigenvalue weighted by atomic mass is 35.5. The first kappa shape index (κ1) is 19.6. The fourth-order valence-corrected chi connectivity index (χ4v) is 3.36. The number of aromatic hydroxyl groups is 1. The second-order valence-corrected chi connectivity index (χ2v) is 6.62. The molecule has 3 nitrogen and oxygen atoms in total. The second-order valence-electron chi connectivity index (χ2n) is 6.31. The maximum Gasteiger partial charge on any atom is 0.119 e. The Labute approximate surface area is 155 Å². The SMILES string of the molecule is CC[C@H](c1ccc(O)cc1)[C@@H](CC)c1ccc(OCC(O)CCl)cc1. The molecule has 0 amide bonds. The summed E-state index contributed by atoms with van der Waals surface area (Å²) in [5, 5.41) is 19.0. The highest BCUT2D eigenvalue weighted by Gasteiger charge is 2.22. The lowest BCUT2D eigenvalue weighted by Crippen LogP contribution is -2.18. The van der Waals surface area contributed by atoms with Gasteiger partial charge in [-0.15, -0.1) is 11.6 Å². The van der Waals surface area contributed by atoms with E-state index >= 15 is 0 Å². The van der Waals surface area contributed by atoms with Gasteiger partial charge in [-0.05, 0) is 60.1 Å². The van der Waals surface area contributed by atoms with Gasteiger partial charge in [0, 0.05) is 0 Å². The van der Waals surface area contributed by atoms with Gasteiger partial charge in [-0.2, -0.15) is 0 Å². The number of phenols is 1. The molecular formula is C21H27ClO3. The Morgan fingerprint density at radius 1 is 0.880 bits per heavy atom. The summed E-state index contributed by atoms with van der Waals surface area (Å²) in [6, 6.07) is 15.6. The molecule has 2 N–H and O–H groups in total. The highest BCUT2D eigenvalue weighted by Crippen LogP contribution is 2.38. The van der Waals surface area contributed by atoms with Gasteiger partial charge in [0.25, 0.3) is 0 Å². The van der Waals surface area contributed by atoms with Gasteiger partial charge in [-0.1, -0.05) is 38.1 Å². The molecule has 0 aliphatic rings. The van der Waals surface area contributed by atoms with E-state index in [2.05, 4.69) is 26.0 Å². The molecule has 0 heterocycles. The van der Waals surface area contributed by atoms with E-state index in [4.69, 9.17) is 16.3 Å². The first-order chi connectivity index (χ1) is 12.1. The average molecular weight is 363 g/mol. The molecule has 0 aromatic heterocycles. The molecule has 0 bridgehead atoms. The summed E-state index contributed by atoms with van der Waals surface area (Å²) < 4.78 is 5.55. The van der Waals surface area contributed by atoms with E-state index in [0.717, 1.165) is 18.6 Å². The van der Waals surface area contributed by atoms with E-state index in [9.17, 15) is 10.2 Å². The van der Waals surface area contributed by atoms with Crippen LogP contribution in [0, 0.1) is 0 Å². The standard InChI is InChI=1S/C21H27ClO3/c1-3-20(15-5-9-17(23)10-6-15)21(4-2)16-7-11-19(12-8-16)25-14-18(24)13-22/h5-12,18,20-21,23-24H,3-4,13-14H2,1-2H3/t18?,20-,21+/m1/s1. The van der Waals surface area contributed by atoms with Crippen LogP contribution in [0.3, 0.4) is 0 Å². The molecule has 0 radical (unpaired) electrons. The zero-order valence-corrected chi connectivity index (χ0v) is 15.6. The molecule has 2 aromatic carbocycles. The van der Waals surface area contributed by atoms with Crippen molar-refractivity contribution in [1.29, 1.82) is 0 Å². The first-order valence-electron chi connectivity index (χ1n) is 8.84. The van der Waals surface area contributed by atoms with Crippen LogP contribution < -0.4 is 4.74 Å². The quantitative estimate of drug-likeness (QED) is 0.613. The molecule has 0 fully saturated rings.